The van der Waals surface area contributed by atoms with Crippen molar-refractivity contribution in [2.75, 3.05) is 9.80 Å². The summed E-state index contributed by atoms with van der Waals surface area (Å²) < 4.78 is 5.21. The topological polar surface area (TPSA) is 16.3 Å². The first-order valence-electron chi connectivity index (χ1n) is 26.8. The van der Waals surface area contributed by atoms with Crippen LogP contribution in [0.3, 0.4) is 0 Å². The first kappa shape index (κ1) is 42.1. The lowest BCUT2D eigenvalue weighted by molar-refractivity contribution is 1.17. The molecule has 4 aliphatic heterocycles. The second kappa shape index (κ2) is 15.2. The predicted molar refractivity (Wildman–Crippen MR) is 324 cm³/mol. The Morgan fingerprint density at radius 2 is 0.658 bits per heavy atom. The van der Waals surface area contributed by atoms with Gasteiger partial charge in [-0.3, -0.25) is 0 Å². The van der Waals surface area contributed by atoms with Crippen LogP contribution >= 0.6 is 0 Å². The number of aromatic nitrogens is 2. The summed E-state index contributed by atoms with van der Waals surface area (Å²) in [5, 5.41) is 5.15. The van der Waals surface area contributed by atoms with E-state index in [1.54, 1.807) is 0 Å². The highest BCUT2D eigenvalue weighted by Crippen LogP contribution is 2.49. The van der Waals surface area contributed by atoms with E-state index >= 15 is 0 Å². The third-order valence-corrected chi connectivity index (χ3v) is 17.7. The minimum absolute atomic E-state index is 0.0546. The van der Waals surface area contributed by atoms with Crippen LogP contribution < -0.4 is 42.6 Å². The Kier molecular flexibility index (Phi) is 8.42. The molecular weight excluding hydrogens is 918 g/mol. The van der Waals surface area contributed by atoms with E-state index in [2.05, 4.69) is 265 Å². The van der Waals surface area contributed by atoms with Crippen molar-refractivity contribution < 1.29 is 0 Å². The molecule has 0 amide bonds. The molecule has 4 aliphatic rings. The van der Waals surface area contributed by atoms with Gasteiger partial charge in [-0.25, -0.2) is 0 Å². The number of nitrogens with zero attached hydrogens (tertiary/aromatic N) is 4. The van der Waals surface area contributed by atoms with E-state index in [0.29, 0.717) is 0 Å². The zero-order valence-electron chi connectivity index (χ0n) is 42.7. The lowest BCUT2D eigenvalue weighted by atomic mass is 9.30. The zero-order valence-corrected chi connectivity index (χ0v) is 42.7. The molecule has 0 spiro atoms. The average Bonchev–Trinajstić information content (AvgIpc) is 4.05. The van der Waals surface area contributed by atoms with Gasteiger partial charge in [-0.05, 0) is 172 Å². The highest BCUT2D eigenvalue weighted by atomic mass is 15.2. The Morgan fingerprint density at radius 3 is 1.09 bits per heavy atom. The molecule has 4 nitrogen and oxygen atoms in total. The van der Waals surface area contributed by atoms with Crippen molar-refractivity contribution >= 4 is 124 Å². The van der Waals surface area contributed by atoms with Gasteiger partial charge < -0.3 is 18.9 Å². The van der Waals surface area contributed by atoms with E-state index in [0.717, 1.165) is 11.4 Å². The summed E-state index contributed by atoms with van der Waals surface area (Å²) in [6.07, 6.45) is 0. The van der Waals surface area contributed by atoms with Crippen molar-refractivity contribution in [3.8, 4) is 33.6 Å². The zero-order chi connectivity index (χ0) is 50.2. The molecule has 0 aliphatic carbocycles. The van der Waals surface area contributed by atoms with Crippen LogP contribution in [-0.4, -0.2) is 22.6 Å². The molecule has 0 unspecified atom stereocenters. The van der Waals surface area contributed by atoms with Gasteiger partial charge in [0, 0.05) is 78.1 Å². The number of fused-ring (bicyclic) bond motifs is 14. The van der Waals surface area contributed by atoms with Crippen LogP contribution in [0.15, 0.2) is 218 Å². The molecule has 0 saturated heterocycles. The number of anilines is 6. The summed E-state index contributed by atoms with van der Waals surface area (Å²) in [4.78, 5) is 5.21. The van der Waals surface area contributed by atoms with Gasteiger partial charge in [-0.15, -0.1) is 0 Å². The Hall–Kier alpha value is -9.25. The Morgan fingerprint density at radius 1 is 0.289 bits per heavy atom. The summed E-state index contributed by atoms with van der Waals surface area (Å²) in [7, 11) is 0. The maximum absolute atomic E-state index is 2.67. The quantitative estimate of drug-likeness (QED) is 0.163. The molecular formula is C70H48B2N4. The molecule has 2 aromatic heterocycles. The number of rotatable bonds is 4. The van der Waals surface area contributed by atoms with Crippen LogP contribution in [0.5, 0.6) is 0 Å². The summed E-state index contributed by atoms with van der Waals surface area (Å²) in [5.41, 5.74) is 32.8. The summed E-state index contributed by atoms with van der Waals surface area (Å²) >= 11 is 0. The molecule has 11 aromatic carbocycles. The molecule has 6 heteroatoms. The van der Waals surface area contributed by atoms with E-state index in [9.17, 15) is 0 Å². The van der Waals surface area contributed by atoms with Crippen LogP contribution in [0.25, 0.3) is 77.2 Å². The second-order valence-electron chi connectivity index (χ2n) is 21.8. The lowest BCUT2D eigenvalue weighted by Crippen LogP contribution is -2.64. The van der Waals surface area contributed by atoms with Crippen molar-refractivity contribution in [2.24, 2.45) is 0 Å². The summed E-state index contributed by atoms with van der Waals surface area (Å²) in [6, 6.07) is 83.3. The Balaban J connectivity index is 1.05. The third-order valence-electron chi connectivity index (χ3n) is 17.7. The number of para-hydroxylation sites is 6. The summed E-state index contributed by atoms with van der Waals surface area (Å²) in [5.74, 6) is 0. The fourth-order valence-corrected chi connectivity index (χ4v) is 14.9. The van der Waals surface area contributed by atoms with E-state index in [1.807, 2.05) is 0 Å². The van der Waals surface area contributed by atoms with Crippen molar-refractivity contribution in [3.05, 3.63) is 241 Å². The molecule has 13 aromatic rings. The summed E-state index contributed by atoms with van der Waals surface area (Å²) in [6.45, 7) is 8.96. The van der Waals surface area contributed by atoms with E-state index in [1.165, 1.54) is 155 Å². The minimum atomic E-state index is -0.0546. The molecule has 0 fully saturated rings. The largest absolute Gasteiger partial charge is 0.311 e. The van der Waals surface area contributed by atoms with Crippen LogP contribution in [0.4, 0.5) is 34.1 Å². The van der Waals surface area contributed by atoms with Crippen LogP contribution in [-0.2, 0) is 0 Å². The predicted octanol–water partition coefficient (Wildman–Crippen LogP) is 13.7. The van der Waals surface area contributed by atoms with Gasteiger partial charge in [0.2, 0.25) is 0 Å². The van der Waals surface area contributed by atoms with Gasteiger partial charge in [-0.1, -0.05) is 152 Å². The standard InChI is InChI=1S/C70H48B2N4/c1-41-19-15-20-42(2)65(41)45-35-61-67-63(37-45)75-57-33-13-11-27-49(57)51-29-17-31-53(69(51)75)71(67)55-39-56-60(40-59(55)73(61)47-23-7-5-8-24-47)74(48-25-9-6-10-26-48)62-36-46(66-43(3)21-16-22-44(66)4)38-64-68(62)72(56)54-32-18-30-52-50-28-12-14-34-58(50)76(64)70(52)54/h5-40H,1-4H3. The minimum Gasteiger partial charge on any atom is -0.311 e. The molecule has 17 rings (SSSR count). The monoisotopic (exact) mass is 966 g/mol. The number of hydrogen-bond acceptors (Lipinski definition) is 2. The Labute approximate surface area is 442 Å². The van der Waals surface area contributed by atoms with E-state index in [4.69, 9.17) is 0 Å². The lowest BCUT2D eigenvalue weighted by Gasteiger charge is -2.44. The van der Waals surface area contributed by atoms with Crippen molar-refractivity contribution in [1.29, 1.82) is 0 Å². The second-order valence-corrected chi connectivity index (χ2v) is 21.8. The molecule has 0 saturated carbocycles. The molecule has 0 N–H and O–H groups in total. The van der Waals surface area contributed by atoms with Gasteiger partial charge in [-0.2, -0.15) is 0 Å². The highest BCUT2D eigenvalue weighted by Gasteiger charge is 2.47. The maximum atomic E-state index is 2.67. The molecule has 0 radical (unpaired) electrons. The maximum Gasteiger partial charge on any atom is 0.252 e. The Bertz CT molecular complexity index is 4380. The van der Waals surface area contributed by atoms with E-state index in [-0.39, 0.29) is 13.4 Å². The van der Waals surface area contributed by atoms with E-state index < -0.39 is 0 Å². The van der Waals surface area contributed by atoms with Gasteiger partial charge in [0.25, 0.3) is 13.4 Å². The number of benzene rings is 11. The van der Waals surface area contributed by atoms with Crippen LogP contribution in [0.2, 0.25) is 0 Å². The number of aryl methyl sites for hydroxylation is 4. The highest BCUT2D eigenvalue weighted by molar-refractivity contribution is 7.03. The average molecular weight is 967 g/mol. The number of hydrogen-bond donors (Lipinski definition) is 0. The molecule has 76 heavy (non-hydrogen) atoms. The van der Waals surface area contributed by atoms with Gasteiger partial charge >= 0.3 is 0 Å². The fraction of sp³-hybridized carbons (Fsp3) is 0.0571. The van der Waals surface area contributed by atoms with Crippen LogP contribution in [0, 0.1) is 27.7 Å². The van der Waals surface area contributed by atoms with Gasteiger partial charge in [0.05, 0.1) is 11.0 Å². The van der Waals surface area contributed by atoms with Crippen molar-refractivity contribution in [3.63, 3.8) is 0 Å². The van der Waals surface area contributed by atoms with Crippen molar-refractivity contribution in [2.45, 2.75) is 27.7 Å². The third kappa shape index (κ3) is 5.40. The normalized spacial score (nSPS) is 13.4. The van der Waals surface area contributed by atoms with Crippen molar-refractivity contribution in [1.82, 2.24) is 9.13 Å². The molecule has 354 valence electrons. The van der Waals surface area contributed by atoms with Crippen LogP contribution in [0.1, 0.15) is 22.3 Å². The molecule has 6 heterocycles. The SMILES string of the molecule is Cc1cccc(C)c1-c1cc2c3c(c1)-n1c4ccccc4c4cccc(c41)B3c1cc3c(cc1N2c1ccccc1)N(c1ccccc1)c1cc(-c2c(C)cccc2C)cc2c1B3c1cccc3c4ccccc4n-2c13. The van der Waals surface area contributed by atoms with Gasteiger partial charge in [0.15, 0.2) is 0 Å². The smallest absolute Gasteiger partial charge is 0.252 e. The molecule has 0 atom stereocenters. The first-order chi connectivity index (χ1) is 37.4. The first-order valence-corrected chi connectivity index (χ1v) is 26.8. The van der Waals surface area contributed by atoms with Gasteiger partial charge in [0.1, 0.15) is 0 Å². The molecule has 0 bridgehead atoms. The fourth-order valence-electron chi connectivity index (χ4n) is 14.9.